The van der Waals surface area contributed by atoms with Crippen molar-refractivity contribution in [2.45, 2.75) is 52.1 Å². The number of H-pyrrole nitrogens is 1. The molecule has 7 heteroatoms. The van der Waals surface area contributed by atoms with Crippen LogP contribution < -0.4 is 10.6 Å². The molecular formula is C39H46N6O. The molecule has 7 nitrogen and oxygen atoms in total. The maximum atomic E-state index is 10.7. The number of nitrogens with zero attached hydrogens (tertiary/aromatic N) is 1. The third kappa shape index (κ3) is 10.6. The number of para-hydroxylation sites is 1. The van der Waals surface area contributed by atoms with Crippen LogP contribution in [-0.4, -0.2) is 47.1 Å². The number of carbonyl (C=O) groups excluding carboxylic acids is 1. The summed E-state index contributed by atoms with van der Waals surface area (Å²) in [5.74, 6) is 0.566. The number of nitrogens with one attached hydrogen (secondary N) is 5. The first-order valence-corrected chi connectivity index (χ1v) is 16.0. The Morgan fingerprint density at radius 1 is 0.848 bits per heavy atom. The summed E-state index contributed by atoms with van der Waals surface area (Å²) in [6.07, 6.45) is 6.62. The SMILES string of the molecule is CC1CCCN1.Cc1c[nH]c2ccccc12.N=C(CCc1ccccc1)N(Cc1ccc(-c2ccccc2)cc1)C(=N)CNC=O. The van der Waals surface area contributed by atoms with Crippen LogP contribution in [0.15, 0.2) is 115 Å². The van der Waals surface area contributed by atoms with Crippen molar-refractivity contribution in [1.82, 2.24) is 20.5 Å². The third-order valence-electron chi connectivity index (χ3n) is 8.00. The van der Waals surface area contributed by atoms with Gasteiger partial charge in [0.15, 0.2) is 0 Å². The molecule has 1 aromatic heterocycles. The lowest BCUT2D eigenvalue weighted by molar-refractivity contribution is -0.109. The highest BCUT2D eigenvalue weighted by Crippen LogP contribution is 2.20. The number of rotatable bonds is 9. The highest BCUT2D eigenvalue weighted by Gasteiger charge is 2.16. The number of amidine groups is 2. The van der Waals surface area contributed by atoms with E-state index in [9.17, 15) is 4.79 Å². The van der Waals surface area contributed by atoms with E-state index in [4.69, 9.17) is 10.8 Å². The Bertz CT molecular complexity index is 1640. The van der Waals surface area contributed by atoms with E-state index in [1.54, 1.807) is 4.90 Å². The van der Waals surface area contributed by atoms with E-state index in [0.717, 1.165) is 34.7 Å². The van der Waals surface area contributed by atoms with Gasteiger partial charge >= 0.3 is 0 Å². The number of aryl methyl sites for hydroxylation is 2. The van der Waals surface area contributed by atoms with E-state index in [0.29, 0.717) is 25.2 Å². The van der Waals surface area contributed by atoms with Crippen LogP contribution in [0.1, 0.15) is 42.9 Å². The second kappa shape index (κ2) is 18.1. The maximum absolute atomic E-state index is 10.7. The molecule has 0 bridgehead atoms. The first-order valence-electron chi connectivity index (χ1n) is 16.0. The number of hydrogen-bond donors (Lipinski definition) is 5. The Labute approximate surface area is 273 Å². The first-order chi connectivity index (χ1) is 22.4. The quantitative estimate of drug-likeness (QED) is 0.0666. The smallest absolute Gasteiger partial charge is 0.207 e. The third-order valence-corrected chi connectivity index (χ3v) is 8.00. The minimum absolute atomic E-state index is 0.0965. The summed E-state index contributed by atoms with van der Waals surface area (Å²) in [6, 6.07) is 37.5. The molecule has 5 aromatic rings. The van der Waals surface area contributed by atoms with Gasteiger partial charge in [-0.2, -0.15) is 0 Å². The Kier molecular flexibility index (Phi) is 13.3. The van der Waals surface area contributed by atoms with Gasteiger partial charge in [-0.3, -0.25) is 15.6 Å². The van der Waals surface area contributed by atoms with Crippen LogP contribution in [0, 0.1) is 17.7 Å². The molecule has 1 unspecified atom stereocenters. The Balaban J connectivity index is 0.000000241. The van der Waals surface area contributed by atoms with Crippen molar-refractivity contribution in [1.29, 1.82) is 10.8 Å². The molecule has 6 rings (SSSR count). The predicted octanol–water partition coefficient (Wildman–Crippen LogP) is 7.72. The monoisotopic (exact) mass is 614 g/mol. The van der Waals surface area contributed by atoms with Crippen molar-refractivity contribution >= 4 is 29.0 Å². The molecule has 1 fully saturated rings. The average molecular weight is 615 g/mol. The summed E-state index contributed by atoms with van der Waals surface area (Å²) < 4.78 is 0. The number of hydrogen-bond acceptors (Lipinski definition) is 4. The molecule has 1 aliphatic heterocycles. The second-order valence-electron chi connectivity index (χ2n) is 11.5. The molecule has 1 aliphatic rings. The van der Waals surface area contributed by atoms with E-state index in [2.05, 4.69) is 71.9 Å². The predicted molar refractivity (Wildman–Crippen MR) is 191 cm³/mol. The van der Waals surface area contributed by atoms with E-state index >= 15 is 0 Å². The summed E-state index contributed by atoms with van der Waals surface area (Å²) in [4.78, 5) is 15.5. The van der Waals surface area contributed by atoms with Gasteiger partial charge in [-0.15, -0.1) is 0 Å². The van der Waals surface area contributed by atoms with Gasteiger partial charge in [-0.1, -0.05) is 103 Å². The number of benzene rings is 4. The van der Waals surface area contributed by atoms with Crippen LogP contribution in [0.4, 0.5) is 0 Å². The summed E-state index contributed by atoms with van der Waals surface area (Å²) in [6.45, 7) is 6.09. The van der Waals surface area contributed by atoms with Crippen LogP contribution >= 0.6 is 0 Å². The highest BCUT2D eigenvalue weighted by molar-refractivity contribution is 5.99. The van der Waals surface area contributed by atoms with Crippen molar-refractivity contribution in [3.8, 4) is 11.1 Å². The average Bonchev–Trinajstić information content (AvgIpc) is 3.75. The van der Waals surface area contributed by atoms with Gasteiger partial charge in [0, 0.05) is 29.6 Å². The largest absolute Gasteiger partial charge is 0.361 e. The lowest BCUT2D eigenvalue weighted by atomic mass is 10.0. The zero-order valence-corrected chi connectivity index (χ0v) is 26.9. The van der Waals surface area contributed by atoms with E-state index in [-0.39, 0.29) is 12.4 Å². The van der Waals surface area contributed by atoms with Gasteiger partial charge in [-0.25, -0.2) is 0 Å². The number of carbonyl (C=O) groups is 1. The minimum atomic E-state index is 0.0965. The van der Waals surface area contributed by atoms with Crippen molar-refractivity contribution in [3.05, 3.63) is 132 Å². The van der Waals surface area contributed by atoms with Crippen molar-refractivity contribution in [2.75, 3.05) is 13.1 Å². The lowest BCUT2D eigenvalue weighted by Crippen LogP contribution is -2.40. The topological polar surface area (TPSA) is 108 Å². The van der Waals surface area contributed by atoms with Gasteiger partial charge in [0.25, 0.3) is 0 Å². The van der Waals surface area contributed by atoms with Gasteiger partial charge in [0.1, 0.15) is 11.7 Å². The summed E-state index contributed by atoms with van der Waals surface area (Å²) >= 11 is 0. The van der Waals surface area contributed by atoms with Crippen LogP contribution in [0.25, 0.3) is 22.0 Å². The fourth-order valence-corrected chi connectivity index (χ4v) is 5.32. The summed E-state index contributed by atoms with van der Waals surface area (Å²) in [5.41, 5.74) is 6.99. The van der Waals surface area contributed by atoms with Crippen molar-refractivity contribution in [2.24, 2.45) is 0 Å². The van der Waals surface area contributed by atoms with Gasteiger partial charge in [-0.05, 0) is 73.5 Å². The molecule has 5 N–H and O–H groups in total. The maximum Gasteiger partial charge on any atom is 0.207 e. The van der Waals surface area contributed by atoms with Crippen molar-refractivity contribution in [3.63, 3.8) is 0 Å². The van der Waals surface area contributed by atoms with E-state index in [1.165, 1.54) is 35.9 Å². The molecule has 0 aliphatic carbocycles. The fourth-order valence-electron chi connectivity index (χ4n) is 5.32. The highest BCUT2D eigenvalue weighted by atomic mass is 16.1. The van der Waals surface area contributed by atoms with Crippen molar-refractivity contribution < 1.29 is 4.79 Å². The van der Waals surface area contributed by atoms with Gasteiger partial charge < -0.3 is 20.5 Å². The molecule has 46 heavy (non-hydrogen) atoms. The summed E-state index contributed by atoms with van der Waals surface area (Å²) in [5, 5.41) is 24.1. The number of fused-ring (bicyclic) bond motifs is 1. The zero-order chi connectivity index (χ0) is 32.6. The molecule has 4 aromatic carbocycles. The molecule has 1 atom stereocenters. The number of aromatic amines is 1. The molecule has 1 saturated heterocycles. The van der Waals surface area contributed by atoms with Gasteiger partial charge in [0.2, 0.25) is 6.41 Å². The molecule has 0 saturated carbocycles. The second-order valence-corrected chi connectivity index (χ2v) is 11.5. The van der Waals surface area contributed by atoms with E-state index < -0.39 is 0 Å². The van der Waals surface area contributed by atoms with Crippen LogP contribution in [0.2, 0.25) is 0 Å². The lowest BCUT2D eigenvalue weighted by Gasteiger charge is -2.26. The molecule has 1 amide bonds. The fraction of sp³-hybridized carbons (Fsp3) is 0.256. The Morgan fingerprint density at radius 2 is 1.50 bits per heavy atom. The van der Waals surface area contributed by atoms with Crippen LogP contribution in [-0.2, 0) is 17.8 Å². The standard InChI is InChI=1S/C25H26N4O.C9H9N.C5H11N/c26-24(16-13-20-7-3-1-4-8-20)29(25(27)17-28-19-30)18-21-11-14-23(15-12-21)22-9-5-2-6-10-22;1-7-6-10-9-5-3-2-4-8(7)9;1-5-3-2-4-6-5/h1-12,14-15,19,26-27H,13,16-18H2,(H,28,30);2-6,10H,1H3;5-6H,2-4H2,1H3. The Hall–Kier alpha value is -5.01. The zero-order valence-electron chi connectivity index (χ0n) is 26.9. The van der Waals surface area contributed by atoms with Crippen LogP contribution in [0.5, 0.6) is 0 Å². The molecular weight excluding hydrogens is 568 g/mol. The summed E-state index contributed by atoms with van der Waals surface area (Å²) in [7, 11) is 0. The molecule has 0 spiro atoms. The van der Waals surface area contributed by atoms with E-state index in [1.807, 2.05) is 72.9 Å². The Morgan fingerprint density at radius 3 is 2.11 bits per heavy atom. The van der Waals surface area contributed by atoms with Gasteiger partial charge in [0.05, 0.1) is 13.1 Å². The first kappa shape index (κ1) is 33.9. The molecule has 0 radical (unpaired) electrons. The number of amides is 1. The molecule has 2 heterocycles. The normalized spacial score (nSPS) is 13.5. The van der Waals surface area contributed by atoms with Crippen LogP contribution in [0.3, 0.4) is 0 Å². The minimum Gasteiger partial charge on any atom is -0.361 e. The number of aromatic nitrogens is 1. The molecule has 238 valence electrons.